The van der Waals surface area contributed by atoms with Crippen molar-refractivity contribution in [3.8, 4) is 0 Å². The van der Waals surface area contributed by atoms with E-state index in [2.05, 4.69) is 13.8 Å². The first-order chi connectivity index (χ1) is 9.97. The van der Waals surface area contributed by atoms with E-state index >= 15 is 0 Å². The fourth-order valence-corrected chi connectivity index (χ4v) is 2.45. The van der Waals surface area contributed by atoms with Crippen molar-refractivity contribution in [3.05, 3.63) is 0 Å². The van der Waals surface area contributed by atoms with Crippen molar-refractivity contribution in [1.82, 2.24) is 9.80 Å². The molecule has 1 rings (SSSR count). The van der Waals surface area contributed by atoms with Crippen molar-refractivity contribution in [2.24, 2.45) is 5.92 Å². The largest absolute Gasteiger partial charge is 0.480 e. The summed E-state index contributed by atoms with van der Waals surface area (Å²) in [6, 6.07) is 0.0921. The Labute approximate surface area is 127 Å². The predicted octanol–water partition coefficient (Wildman–Crippen LogP) is 2.04. The molecule has 0 aliphatic carbocycles. The van der Waals surface area contributed by atoms with Gasteiger partial charge in [0, 0.05) is 26.2 Å². The van der Waals surface area contributed by atoms with Crippen LogP contribution in [0.15, 0.2) is 0 Å². The molecular weight excluding hydrogens is 272 g/mol. The highest BCUT2D eigenvalue weighted by molar-refractivity contribution is 5.74. The van der Waals surface area contributed by atoms with Crippen LogP contribution in [0.4, 0.5) is 4.79 Å². The fraction of sp³-hybridized carbons (Fsp3) is 0.867. The summed E-state index contributed by atoms with van der Waals surface area (Å²) in [5.41, 5.74) is 0. The molecule has 21 heavy (non-hydrogen) atoms. The molecule has 1 aliphatic rings. The number of urea groups is 1. The molecule has 1 atom stereocenters. The van der Waals surface area contributed by atoms with Crippen LogP contribution >= 0.6 is 0 Å². The molecule has 1 fully saturated rings. The summed E-state index contributed by atoms with van der Waals surface area (Å²) in [6.45, 7) is 8.83. The highest BCUT2D eigenvalue weighted by atomic mass is 16.5. The van der Waals surface area contributed by atoms with E-state index in [0.717, 1.165) is 19.5 Å². The standard InChI is InChI=1S/C15H28N2O4/c1-4-12(3)10-16(5-2)15(20)17-8-6-13(7-9-17)21-11-14(18)19/h12-13H,4-11H2,1-3H3,(H,18,19). The molecule has 0 radical (unpaired) electrons. The van der Waals surface area contributed by atoms with Crippen LogP contribution in [-0.4, -0.2) is 65.8 Å². The number of carboxylic acid groups (broad SMARTS) is 1. The summed E-state index contributed by atoms with van der Waals surface area (Å²) < 4.78 is 5.29. The third-order valence-corrected chi connectivity index (χ3v) is 4.04. The van der Waals surface area contributed by atoms with Gasteiger partial charge in [-0.2, -0.15) is 0 Å². The molecule has 6 heteroatoms. The van der Waals surface area contributed by atoms with Gasteiger partial charge in [-0.3, -0.25) is 0 Å². The van der Waals surface area contributed by atoms with Crippen LogP contribution in [0.1, 0.15) is 40.0 Å². The molecule has 2 amide bonds. The highest BCUT2D eigenvalue weighted by Gasteiger charge is 2.26. The third-order valence-electron chi connectivity index (χ3n) is 4.04. The summed E-state index contributed by atoms with van der Waals surface area (Å²) in [6.07, 6.45) is 2.43. The van der Waals surface area contributed by atoms with Crippen molar-refractivity contribution < 1.29 is 19.4 Å². The number of ether oxygens (including phenoxy) is 1. The van der Waals surface area contributed by atoms with E-state index in [1.807, 2.05) is 16.7 Å². The number of hydrogen-bond donors (Lipinski definition) is 1. The summed E-state index contributed by atoms with van der Waals surface area (Å²) in [5.74, 6) is -0.440. The molecule has 0 aromatic carbocycles. The molecule has 0 spiro atoms. The Kier molecular flexibility index (Phi) is 7.50. The quantitative estimate of drug-likeness (QED) is 0.781. The van der Waals surface area contributed by atoms with Gasteiger partial charge in [-0.05, 0) is 25.7 Å². The van der Waals surface area contributed by atoms with Crippen molar-refractivity contribution >= 4 is 12.0 Å². The van der Waals surface area contributed by atoms with Gasteiger partial charge in [0.05, 0.1) is 6.10 Å². The van der Waals surface area contributed by atoms with E-state index in [4.69, 9.17) is 9.84 Å². The average Bonchev–Trinajstić information content (AvgIpc) is 2.50. The lowest BCUT2D eigenvalue weighted by molar-refractivity contribution is -0.145. The smallest absolute Gasteiger partial charge is 0.329 e. The molecular formula is C15H28N2O4. The van der Waals surface area contributed by atoms with Crippen molar-refractivity contribution in [1.29, 1.82) is 0 Å². The molecule has 122 valence electrons. The summed E-state index contributed by atoms with van der Waals surface area (Å²) in [5, 5.41) is 8.60. The molecule has 1 saturated heterocycles. The average molecular weight is 300 g/mol. The van der Waals surface area contributed by atoms with Gasteiger partial charge in [-0.1, -0.05) is 20.3 Å². The number of amides is 2. The van der Waals surface area contributed by atoms with Gasteiger partial charge in [-0.15, -0.1) is 0 Å². The van der Waals surface area contributed by atoms with Crippen LogP contribution in [0.2, 0.25) is 0 Å². The van der Waals surface area contributed by atoms with Gasteiger partial charge in [-0.25, -0.2) is 9.59 Å². The van der Waals surface area contributed by atoms with Crippen LogP contribution in [0.5, 0.6) is 0 Å². The molecule has 1 unspecified atom stereocenters. The Morgan fingerprint density at radius 3 is 2.43 bits per heavy atom. The normalized spacial score (nSPS) is 17.6. The number of carbonyl (C=O) groups is 2. The second kappa shape index (κ2) is 8.87. The topological polar surface area (TPSA) is 70.1 Å². The van der Waals surface area contributed by atoms with Gasteiger partial charge in [0.2, 0.25) is 0 Å². The van der Waals surface area contributed by atoms with Gasteiger partial charge in [0.25, 0.3) is 0 Å². The van der Waals surface area contributed by atoms with Gasteiger partial charge in [0.15, 0.2) is 0 Å². The number of hydrogen-bond acceptors (Lipinski definition) is 3. The Morgan fingerprint density at radius 1 is 1.33 bits per heavy atom. The Balaban J connectivity index is 2.41. The van der Waals surface area contributed by atoms with E-state index < -0.39 is 5.97 Å². The fourth-order valence-electron chi connectivity index (χ4n) is 2.45. The zero-order valence-corrected chi connectivity index (χ0v) is 13.4. The first-order valence-electron chi connectivity index (χ1n) is 7.85. The minimum atomic E-state index is -0.945. The number of nitrogens with zero attached hydrogens (tertiary/aromatic N) is 2. The first-order valence-corrected chi connectivity index (χ1v) is 7.85. The van der Waals surface area contributed by atoms with Crippen LogP contribution in [0.3, 0.4) is 0 Å². The van der Waals surface area contributed by atoms with Crippen LogP contribution < -0.4 is 0 Å². The maximum absolute atomic E-state index is 12.5. The van der Waals surface area contributed by atoms with Gasteiger partial charge < -0.3 is 19.6 Å². The van der Waals surface area contributed by atoms with Crippen LogP contribution in [-0.2, 0) is 9.53 Å². The van der Waals surface area contributed by atoms with E-state index in [0.29, 0.717) is 31.8 Å². The molecule has 1 N–H and O–H groups in total. The number of carbonyl (C=O) groups excluding carboxylic acids is 1. The zero-order chi connectivity index (χ0) is 15.8. The minimum Gasteiger partial charge on any atom is -0.480 e. The molecule has 0 aromatic rings. The van der Waals surface area contributed by atoms with Gasteiger partial charge >= 0.3 is 12.0 Å². The highest BCUT2D eigenvalue weighted by Crippen LogP contribution is 2.16. The Morgan fingerprint density at radius 2 is 1.95 bits per heavy atom. The van der Waals surface area contributed by atoms with Crippen molar-refractivity contribution in [2.45, 2.75) is 46.1 Å². The number of likely N-dealkylation sites (tertiary alicyclic amines) is 1. The monoisotopic (exact) mass is 300 g/mol. The second-order valence-electron chi connectivity index (χ2n) is 5.73. The van der Waals surface area contributed by atoms with E-state index in [1.165, 1.54) is 0 Å². The molecule has 0 bridgehead atoms. The zero-order valence-electron chi connectivity index (χ0n) is 13.4. The maximum Gasteiger partial charge on any atom is 0.329 e. The van der Waals surface area contributed by atoms with Gasteiger partial charge in [0.1, 0.15) is 6.61 Å². The lowest BCUT2D eigenvalue weighted by atomic mass is 10.1. The summed E-state index contributed by atoms with van der Waals surface area (Å²) >= 11 is 0. The molecule has 1 heterocycles. The number of aliphatic carboxylic acids is 1. The lowest BCUT2D eigenvalue weighted by Gasteiger charge is -2.36. The van der Waals surface area contributed by atoms with Crippen molar-refractivity contribution in [2.75, 3.05) is 32.8 Å². The number of rotatable bonds is 7. The molecule has 0 saturated carbocycles. The van der Waals surface area contributed by atoms with Crippen LogP contribution in [0.25, 0.3) is 0 Å². The maximum atomic E-state index is 12.5. The predicted molar refractivity (Wildman–Crippen MR) is 80.3 cm³/mol. The SMILES string of the molecule is CCC(C)CN(CC)C(=O)N1CCC(OCC(=O)O)CC1. The summed E-state index contributed by atoms with van der Waals surface area (Å²) in [7, 11) is 0. The Bertz CT molecular complexity index is 341. The second-order valence-corrected chi connectivity index (χ2v) is 5.73. The first kappa shape index (κ1) is 17.8. The van der Waals surface area contributed by atoms with E-state index in [-0.39, 0.29) is 18.7 Å². The van der Waals surface area contributed by atoms with E-state index in [1.54, 1.807) is 0 Å². The lowest BCUT2D eigenvalue weighted by Crippen LogP contribution is -2.49. The minimum absolute atomic E-state index is 0.0465. The van der Waals surface area contributed by atoms with Crippen LogP contribution in [0, 0.1) is 5.92 Å². The number of piperidine rings is 1. The summed E-state index contributed by atoms with van der Waals surface area (Å²) in [4.78, 5) is 26.7. The number of carboxylic acids is 1. The van der Waals surface area contributed by atoms with E-state index in [9.17, 15) is 9.59 Å². The molecule has 0 aromatic heterocycles. The van der Waals surface area contributed by atoms with Crippen molar-refractivity contribution in [3.63, 3.8) is 0 Å². The molecule has 6 nitrogen and oxygen atoms in total. The Hall–Kier alpha value is -1.30. The molecule has 1 aliphatic heterocycles. The third kappa shape index (κ3) is 5.91.